The molecule has 5 nitrogen and oxygen atoms in total. The van der Waals surface area contributed by atoms with Crippen molar-refractivity contribution in [1.82, 2.24) is 5.32 Å². The van der Waals surface area contributed by atoms with E-state index in [9.17, 15) is 9.59 Å². The monoisotopic (exact) mass is 229 g/mol. The molecule has 0 aromatic heterocycles. The van der Waals surface area contributed by atoms with E-state index >= 15 is 0 Å². The predicted molar refractivity (Wildman–Crippen MR) is 61.7 cm³/mol. The highest BCUT2D eigenvalue weighted by Gasteiger charge is 1.93. The topological polar surface area (TPSA) is 75.6 Å². The molecule has 0 saturated heterocycles. The Bertz CT molecular complexity index is 236. The van der Waals surface area contributed by atoms with Gasteiger partial charge in [0.15, 0.2) is 0 Å². The zero-order valence-corrected chi connectivity index (χ0v) is 9.73. The summed E-state index contributed by atoms with van der Waals surface area (Å²) in [6.07, 6.45) is 2.32. The van der Waals surface area contributed by atoms with Gasteiger partial charge in [-0.25, -0.2) is 4.79 Å². The maximum absolute atomic E-state index is 10.4. The summed E-state index contributed by atoms with van der Waals surface area (Å²) in [7, 11) is 0. The van der Waals surface area contributed by atoms with Gasteiger partial charge in [-0.2, -0.15) is 0 Å². The van der Waals surface area contributed by atoms with E-state index < -0.39 is 5.97 Å². The fourth-order valence-corrected chi connectivity index (χ4v) is 0.549. The van der Waals surface area contributed by atoms with Crippen molar-refractivity contribution in [3.63, 3.8) is 0 Å². The van der Waals surface area contributed by atoms with Gasteiger partial charge in [-0.1, -0.05) is 13.2 Å². The number of carbonyl (C=O) groups excluding carboxylic acids is 2. The minimum atomic E-state index is -0.501. The molecule has 0 aliphatic carbocycles. The Morgan fingerprint density at radius 3 is 2.19 bits per heavy atom. The van der Waals surface area contributed by atoms with Crippen molar-refractivity contribution in [1.29, 1.82) is 0 Å². The molecule has 0 rings (SSSR count). The third-order valence-electron chi connectivity index (χ3n) is 1.12. The maximum Gasteiger partial charge on any atom is 0.330 e. The van der Waals surface area contributed by atoms with Crippen LogP contribution in [0.25, 0.3) is 0 Å². The molecule has 16 heavy (non-hydrogen) atoms. The molecule has 0 atom stereocenters. The molecule has 0 aromatic rings. The maximum atomic E-state index is 10.4. The van der Waals surface area contributed by atoms with Crippen molar-refractivity contribution in [3.05, 3.63) is 25.3 Å². The Morgan fingerprint density at radius 2 is 1.94 bits per heavy atom. The molecule has 2 N–H and O–H groups in total. The first-order chi connectivity index (χ1) is 7.47. The number of ether oxygens (including phenoxy) is 1. The molecule has 0 bridgehead atoms. The Hall–Kier alpha value is -1.62. The van der Waals surface area contributed by atoms with Crippen molar-refractivity contribution in [3.8, 4) is 0 Å². The normalized spacial score (nSPS) is 8.50. The molecular formula is C11H19NO4. The number of hydrogen-bond donors (Lipinski definition) is 2. The summed E-state index contributed by atoms with van der Waals surface area (Å²) in [6.45, 7) is 10.2. The lowest BCUT2D eigenvalue weighted by Crippen LogP contribution is -2.27. The van der Waals surface area contributed by atoms with Gasteiger partial charge in [0.1, 0.15) is 6.61 Å². The molecule has 0 aliphatic heterocycles. The molecule has 0 aliphatic rings. The molecule has 0 heterocycles. The Labute approximate surface area is 95.8 Å². The Morgan fingerprint density at radius 1 is 1.38 bits per heavy atom. The minimum Gasteiger partial charge on any atom is -0.460 e. The molecule has 0 saturated carbocycles. The van der Waals surface area contributed by atoms with E-state index in [1.807, 2.05) is 13.8 Å². The van der Waals surface area contributed by atoms with Crippen LogP contribution in [0.1, 0.15) is 13.8 Å². The molecule has 5 heteroatoms. The third-order valence-corrected chi connectivity index (χ3v) is 1.12. The summed E-state index contributed by atoms with van der Waals surface area (Å²) in [5.41, 5.74) is 0. The van der Waals surface area contributed by atoms with E-state index in [-0.39, 0.29) is 25.2 Å². The van der Waals surface area contributed by atoms with Crippen LogP contribution in [0, 0.1) is 0 Å². The van der Waals surface area contributed by atoms with Crippen LogP contribution in [0.5, 0.6) is 0 Å². The van der Waals surface area contributed by atoms with Crippen LogP contribution in [-0.4, -0.2) is 36.2 Å². The van der Waals surface area contributed by atoms with Gasteiger partial charge >= 0.3 is 5.97 Å². The first kappa shape index (κ1) is 16.8. The second-order valence-corrected chi connectivity index (χ2v) is 2.96. The second kappa shape index (κ2) is 11.5. The summed E-state index contributed by atoms with van der Waals surface area (Å²) in [5, 5.41) is 10.7. The first-order valence-corrected chi connectivity index (χ1v) is 4.80. The zero-order chi connectivity index (χ0) is 13.0. The molecule has 0 spiro atoms. The van der Waals surface area contributed by atoms with Crippen LogP contribution in [0.4, 0.5) is 0 Å². The lowest BCUT2D eigenvalue weighted by Gasteiger charge is -2.02. The second-order valence-electron chi connectivity index (χ2n) is 2.96. The number of amides is 1. The predicted octanol–water partition coefficient (Wildman–Crippen LogP) is 0.405. The van der Waals surface area contributed by atoms with E-state index in [0.29, 0.717) is 0 Å². The van der Waals surface area contributed by atoms with Gasteiger partial charge in [0.05, 0.1) is 6.61 Å². The highest BCUT2D eigenvalue weighted by molar-refractivity contribution is 5.86. The number of esters is 1. The summed E-state index contributed by atoms with van der Waals surface area (Å²) < 4.78 is 4.33. The standard InChI is InChI=1S/C6H11NO.C5H8O3/c1-4-6(8)7-5(2)3;1-2-5(7)8-4-3-6/h4-5H,1H2,2-3H3,(H,7,8);2,6H,1,3-4H2. The smallest absolute Gasteiger partial charge is 0.330 e. The zero-order valence-electron chi connectivity index (χ0n) is 9.73. The van der Waals surface area contributed by atoms with Crippen LogP contribution in [0.15, 0.2) is 25.3 Å². The van der Waals surface area contributed by atoms with E-state index in [4.69, 9.17) is 5.11 Å². The van der Waals surface area contributed by atoms with E-state index in [1.54, 1.807) is 0 Å². The van der Waals surface area contributed by atoms with E-state index in [0.717, 1.165) is 6.08 Å². The van der Waals surface area contributed by atoms with Crippen molar-refractivity contribution in [2.45, 2.75) is 19.9 Å². The van der Waals surface area contributed by atoms with Gasteiger partial charge < -0.3 is 15.2 Å². The van der Waals surface area contributed by atoms with E-state index in [1.165, 1.54) is 6.08 Å². The van der Waals surface area contributed by atoms with Gasteiger partial charge in [-0.3, -0.25) is 4.79 Å². The largest absolute Gasteiger partial charge is 0.460 e. The fourth-order valence-electron chi connectivity index (χ4n) is 0.549. The van der Waals surface area contributed by atoms with E-state index in [2.05, 4.69) is 23.2 Å². The molecule has 0 aromatic carbocycles. The average Bonchev–Trinajstić information content (AvgIpc) is 2.25. The number of nitrogens with one attached hydrogen (secondary N) is 1. The van der Waals surface area contributed by atoms with Crippen LogP contribution in [0.3, 0.4) is 0 Å². The van der Waals surface area contributed by atoms with Gasteiger partial charge in [-0.05, 0) is 19.9 Å². The van der Waals surface area contributed by atoms with Gasteiger partial charge in [-0.15, -0.1) is 0 Å². The minimum absolute atomic E-state index is 0.0465. The SMILES string of the molecule is C=CC(=O)NC(C)C.C=CC(=O)OCCO. The Balaban J connectivity index is 0. The van der Waals surface area contributed by atoms with Gasteiger partial charge in [0, 0.05) is 12.1 Å². The van der Waals surface area contributed by atoms with Crippen LogP contribution in [-0.2, 0) is 14.3 Å². The third kappa shape index (κ3) is 14.9. The molecule has 0 fully saturated rings. The summed E-state index contributed by atoms with van der Waals surface area (Å²) in [5.74, 6) is -0.612. The lowest BCUT2D eigenvalue weighted by atomic mass is 10.4. The van der Waals surface area contributed by atoms with Crippen LogP contribution in [0.2, 0.25) is 0 Å². The van der Waals surface area contributed by atoms with Gasteiger partial charge in [0.2, 0.25) is 5.91 Å². The molecule has 1 amide bonds. The molecule has 0 radical (unpaired) electrons. The number of hydrogen-bond acceptors (Lipinski definition) is 4. The highest BCUT2D eigenvalue weighted by atomic mass is 16.5. The van der Waals surface area contributed by atoms with Crippen molar-refractivity contribution < 1.29 is 19.4 Å². The van der Waals surface area contributed by atoms with Crippen molar-refractivity contribution in [2.75, 3.05) is 13.2 Å². The lowest BCUT2D eigenvalue weighted by molar-refractivity contribution is -0.138. The molecule has 92 valence electrons. The van der Waals surface area contributed by atoms with Gasteiger partial charge in [0.25, 0.3) is 0 Å². The molecule has 0 unspecified atom stereocenters. The van der Waals surface area contributed by atoms with Crippen LogP contribution < -0.4 is 5.32 Å². The fraction of sp³-hybridized carbons (Fsp3) is 0.455. The Kier molecular flexibility index (Phi) is 12.0. The van der Waals surface area contributed by atoms with Crippen molar-refractivity contribution in [2.24, 2.45) is 0 Å². The summed E-state index contributed by atoms with van der Waals surface area (Å²) in [4.78, 5) is 20.5. The molecular weight excluding hydrogens is 210 g/mol. The van der Waals surface area contributed by atoms with Crippen molar-refractivity contribution >= 4 is 11.9 Å². The highest BCUT2D eigenvalue weighted by Crippen LogP contribution is 1.76. The number of aliphatic hydroxyl groups is 1. The summed E-state index contributed by atoms with van der Waals surface area (Å²) >= 11 is 0. The number of carbonyl (C=O) groups is 2. The number of rotatable bonds is 5. The average molecular weight is 229 g/mol. The first-order valence-electron chi connectivity index (χ1n) is 4.80. The summed E-state index contributed by atoms with van der Waals surface area (Å²) in [6, 6.07) is 0.209. The van der Waals surface area contributed by atoms with Crippen LogP contribution >= 0.6 is 0 Å². The quantitative estimate of drug-likeness (QED) is 0.528. The number of aliphatic hydroxyl groups excluding tert-OH is 1.